The van der Waals surface area contributed by atoms with Crippen molar-refractivity contribution >= 4 is 21.6 Å². The van der Waals surface area contributed by atoms with Crippen molar-refractivity contribution in [2.45, 2.75) is 18.2 Å². The first-order valence-corrected chi connectivity index (χ1v) is 9.79. The highest BCUT2D eigenvalue weighted by Gasteiger charge is 2.21. The standard InChI is InChI=1S/C18H18ClN3O3S/c1-13-6-8-14(9-7-13)18-20-17(21-25-18)10-11-22(2)26(23,24)16-5-3-4-15(19)12-16/h3-9,12H,10-11H2,1-2H3. The summed E-state index contributed by atoms with van der Waals surface area (Å²) in [5.41, 5.74) is 1.97. The molecule has 0 N–H and O–H groups in total. The van der Waals surface area contributed by atoms with Gasteiger partial charge in [0, 0.05) is 30.6 Å². The molecule has 0 saturated carbocycles. The zero-order valence-corrected chi connectivity index (χ0v) is 16.0. The Morgan fingerprint density at radius 1 is 1.15 bits per heavy atom. The molecule has 2 aromatic carbocycles. The zero-order valence-electron chi connectivity index (χ0n) is 14.4. The third-order valence-corrected chi connectivity index (χ3v) is 6.01. The minimum Gasteiger partial charge on any atom is -0.334 e. The van der Waals surface area contributed by atoms with Crippen LogP contribution in [0.2, 0.25) is 5.02 Å². The van der Waals surface area contributed by atoms with Gasteiger partial charge in [0.25, 0.3) is 5.89 Å². The summed E-state index contributed by atoms with van der Waals surface area (Å²) in [6, 6.07) is 13.9. The maximum atomic E-state index is 12.6. The van der Waals surface area contributed by atoms with Gasteiger partial charge in [0.05, 0.1) is 4.90 Å². The van der Waals surface area contributed by atoms with Gasteiger partial charge in [-0.3, -0.25) is 0 Å². The molecule has 0 aliphatic carbocycles. The molecule has 6 nitrogen and oxygen atoms in total. The number of sulfonamides is 1. The second-order valence-corrected chi connectivity index (χ2v) is 8.40. The van der Waals surface area contributed by atoms with Crippen molar-refractivity contribution in [2.75, 3.05) is 13.6 Å². The van der Waals surface area contributed by atoms with Crippen molar-refractivity contribution in [3.63, 3.8) is 0 Å². The molecule has 0 aliphatic heterocycles. The lowest BCUT2D eigenvalue weighted by Gasteiger charge is -2.16. The lowest BCUT2D eigenvalue weighted by molar-refractivity contribution is 0.415. The maximum Gasteiger partial charge on any atom is 0.257 e. The Morgan fingerprint density at radius 3 is 2.58 bits per heavy atom. The van der Waals surface area contributed by atoms with Gasteiger partial charge in [-0.1, -0.05) is 40.5 Å². The molecule has 0 amide bonds. The monoisotopic (exact) mass is 391 g/mol. The molecule has 3 rings (SSSR count). The van der Waals surface area contributed by atoms with Crippen molar-refractivity contribution in [3.8, 4) is 11.5 Å². The first-order valence-electron chi connectivity index (χ1n) is 7.98. The molecule has 1 aromatic heterocycles. The number of rotatable bonds is 6. The summed E-state index contributed by atoms with van der Waals surface area (Å²) >= 11 is 5.88. The SMILES string of the molecule is Cc1ccc(-c2nc(CCN(C)S(=O)(=O)c3cccc(Cl)c3)no2)cc1. The molecule has 0 spiro atoms. The minimum absolute atomic E-state index is 0.154. The quantitative estimate of drug-likeness (QED) is 0.642. The van der Waals surface area contributed by atoms with Crippen LogP contribution in [0.15, 0.2) is 57.9 Å². The summed E-state index contributed by atoms with van der Waals surface area (Å²) in [7, 11) is -2.11. The molecule has 136 valence electrons. The van der Waals surface area contributed by atoms with Crippen LogP contribution in [0.25, 0.3) is 11.5 Å². The van der Waals surface area contributed by atoms with Crippen molar-refractivity contribution < 1.29 is 12.9 Å². The van der Waals surface area contributed by atoms with Gasteiger partial charge in [-0.25, -0.2) is 12.7 Å². The van der Waals surface area contributed by atoms with Gasteiger partial charge < -0.3 is 4.52 Å². The summed E-state index contributed by atoms with van der Waals surface area (Å²) in [5.74, 6) is 0.870. The average Bonchev–Trinajstić information content (AvgIpc) is 3.09. The number of likely N-dealkylation sites (N-methyl/N-ethyl adjacent to an activating group) is 1. The zero-order chi connectivity index (χ0) is 18.7. The van der Waals surface area contributed by atoms with E-state index in [1.54, 1.807) is 12.1 Å². The van der Waals surface area contributed by atoms with Crippen LogP contribution in [0, 0.1) is 6.92 Å². The molecule has 0 unspecified atom stereocenters. The van der Waals surface area contributed by atoms with Gasteiger partial charge in [-0.2, -0.15) is 4.98 Å². The molecule has 0 aliphatic rings. The van der Waals surface area contributed by atoms with E-state index in [1.165, 1.54) is 23.5 Å². The predicted octanol–water partition coefficient (Wildman–Crippen LogP) is 3.56. The van der Waals surface area contributed by atoms with Crippen LogP contribution in [0.4, 0.5) is 0 Å². The third kappa shape index (κ3) is 4.12. The molecule has 0 atom stereocenters. The van der Waals surface area contributed by atoms with Crippen LogP contribution in [-0.2, 0) is 16.4 Å². The number of aromatic nitrogens is 2. The van der Waals surface area contributed by atoms with E-state index < -0.39 is 10.0 Å². The number of aryl methyl sites for hydroxylation is 1. The van der Waals surface area contributed by atoms with E-state index >= 15 is 0 Å². The highest BCUT2D eigenvalue weighted by Crippen LogP contribution is 2.20. The van der Waals surface area contributed by atoms with Crippen LogP contribution in [0.5, 0.6) is 0 Å². The van der Waals surface area contributed by atoms with Gasteiger partial charge in [-0.15, -0.1) is 0 Å². The van der Waals surface area contributed by atoms with E-state index in [0.29, 0.717) is 23.2 Å². The minimum atomic E-state index is -3.62. The van der Waals surface area contributed by atoms with Crippen molar-refractivity contribution in [2.24, 2.45) is 0 Å². The van der Waals surface area contributed by atoms with Gasteiger partial charge in [0.15, 0.2) is 5.82 Å². The topological polar surface area (TPSA) is 76.3 Å². The Hall–Kier alpha value is -2.22. The molecule has 0 bridgehead atoms. The van der Waals surface area contributed by atoms with Crippen molar-refractivity contribution in [1.82, 2.24) is 14.4 Å². The number of halogens is 1. The average molecular weight is 392 g/mol. The Labute approximate surface area is 157 Å². The van der Waals surface area contributed by atoms with Gasteiger partial charge in [-0.05, 0) is 37.3 Å². The van der Waals surface area contributed by atoms with E-state index in [2.05, 4.69) is 10.1 Å². The van der Waals surface area contributed by atoms with Crippen LogP contribution >= 0.6 is 11.6 Å². The highest BCUT2D eigenvalue weighted by molar-refractivity contribution is 7.89. The summed E-state index contributed by atoms with van der Waals surface area (Å²) in [6.07, 6.45) is 0.339. The van der Waals surface area contributed by atoms with E-state index in [-0.39, 0.29) is 11.4 Å². The molecule has 0 radical (unpaired) electrons. The Morgan fingerprint density at radius 2 is 1.88 bits per heavy atom. The summed E-state index contributed by atoms with van der Waals surface area (Å²) < 4.78 is 31.6. The molecular weight excluding hydrogens is 374 g/mol. The summed E-state index contributed by atoms with van der Waals surface area (Å²) in [4.78, 5) is 4.48. The molecule has 0 fully saturated rings. The molecule has 0 saturated heterocycles. The third-order valence-electron chi connectivity index (χ3n) is 3.92. The van der Waals surface area contributed by atoms with Crippen LogP contribution < -0.4 is 0 Å². The van der Waals surface area contributed by atoms with Crippen molar-refractivity contribution in [1.29, 1.82) is 0 Å². The Bertz CT molecular complexity index is 1000. The van der Waals surface area contributed by atoms with E-state index in [1.807, 2.05) is 31.2 Å². The second-order valence-electron chi connectivity index (χ2n) is 5.92. The van der Waals surface area contributed by atoms with Crippen LogP contribution in [0.1, 0.15) is 11.4 Å². The van der Waals surface area contributed by atoms with Gasteiger partial charge >= 0.3 is 0 Å². The molecule has 26 heavy (non-hydrogen) atoms. The lowest BCUT2D eigenvalue weighted by Crippen LogP contribution is -2.29. The first-order chi connectivity index (χ1) is 12.4. The van der Waals surface area contributed by atoms with E-state index in [9.17, 15) is 8.42 Å². The molecule has 1 heterocycles. The highest BCUT2D eigenvalue weighted by atomic mass is 35.5. The fourth-order valence-corrected chi connectivity index (χ4v) is 3.83. The number of hydrogen-bond acceptors (Lipinski definition) is 5. The predicted molar refractivity (Wildman–Crippen MR) is 99.4 cm³/mol. The molecule has 3 aromatic rings. The molecular formula is C18H18ClN3O3S. The fraction of sp³-hybridized carbons (Fsp3) is 0.222. The van der Waals surface area contributed by atoms with Crippen LogP contribution in [0.3, 0.4) is 0 Å². The van der Waals surface area contributed by atoms with Crippen LogP contribution in [-0.4, -0.2) is 36.5 Å². The number of benzene rings is 2. The smallest absolute Gasteiger partial charge is 0.257 e. The van der Waals surface area contributed by atoms with E-state index in [4.69, 9.17) is 16.1 Å². The van der Waals surface area contributed by atoms with Gasteiger partial charge in [0.1, 0.15) is 0 Å². The Balaban J connectivity index is 1.68. The maximum absolute atomic E-state index is 12.6. The van der Waals surface area contributed by atoms with E-state index in [0.717, 1.165) is 11.1 Å². The lowest BCUT2D eigenvalue weighted by atomic mass is 10.1. The summed E-state index contributed by atoms with van der Waals surface area (Å²) in [6.45, 7) is 2.22. The second kappa shape index (κ2) is 7.57. The Kier molecular flexibility index (Phi) is 5.41. The number of hydrogen-bond donors (Lipinski definition) is 0. The normalized spacial score (nSPS) is 11.8. The largest absolute Gasteiger partial charge is 0.334 e. The van der Waals surface area contributed by atoms with Crippen molar-refractivity contribution in [3.05, 3.63) is 64.9 Å². The summed E-state index contributed by atoms with van der Waals surface area (Å²) in [5, 5.41) is 4.30. The fourth-order valence-electron chi connectivity index (χ4n) is 2.35. The number of nitrogens with zero attached hydrogens (tertiary/aromatic N) is 3. The van der Waals surface area contributed by atoms with Gasteiger partial charge in [0.2, 0.25) is 10.0 Å². The molecule has 8 heteroatoms. The first kappa shape index (κ1) is 18.6.